The largest absolute Gasteiger partial charge is 0.479 e. The fourth-order valence-corrected chi connectivity index (χ4v) is 5.08. The van der Waals surface area contributed by atoms with Gasteiger partial charge in [-0.25, -0.2) is 8.98 Å². The van der Waals surface area contributed by atoms with Gasteiger partial charge in [-0.05, 0) is 36.3 Å². The van der Waals surface area contributed by atoms with Crippen LogP contribution >= 0.6 is 12.6 Å². The molecule has 2 heterocycles. The first-order valence-corrected chi connectivity index (χ1v) is 15.1. The molecule has 0 bridgehead atoms. The van der Waals surface area contributed by atoms with E-state index in [-0.39, 0.29) is 11.7 Å². The van der Waals surface area contributed by atoms with Crippen LogP contribution in [0, 0.1) is 0 Å². The number of amides is 1. The monoisotopic (exact) mass is 657 g/mol. The molecule has 0 aliphatic carbocycles. The molecule has 8 N–H and O–H groups in total. The number of carboxylic acid groups (broad SMARTS) is 1. The Morgan fingerprint density at radius 1 is 0.953 bits per heavy atom. The summed E-state index contributed by atoms with van der Waals surface area (Å²) in [5.74, 6) is -1.12. The van der Waals surface area contributed by atoms with Gasteiger partial charge in [-0.3, -0.25) is 9.35 Å². The molecule has 0 spiro atoms. The number of nitrogens with one attached hydrogen (secondary N) is 1. The Balaban J connectivity index is 1.70. The number of hydrogen-bond acceptors (Lipinski definition) is 15. The molecule has 3 rings (SSSR count). The lowest BCUT2D eigenvalue weighted by molar-refractivity contribution is -0.347. The van der Waals surface area contributed by atoms with Gasteiger partial charge in [0, 0.05) is 13.0 Å². The molecule has 2 fully saturated rings. The molecule has 0 aromatic heterocycles. The van der Waals surface area contributed by atoms with Gasteiger partial charge in [0.05, 0.1) is 6.61 Å². The first-order valence-electron chi connectivity index (χ1n) is 13.1. The zero-order chi connectivity index (χ0) is 31.9. The zero-order valence-electron chi connectivity index (χ0n) is 22.5. The molecule has 10 atom stereocenters. The molecule has 0 saturated carbocycles. The summed E-state index contributed by atoms with van der Waals surface area (Å²) in [5.41, 5.74) is 0.845. The van der Waals surface area contributed by atoms with E-state index in [1.165, 1.54) is 12.1 Å². The van der Waals surface area contributed by atoms with Crippen molar-refractivity contribution in [3.63, 3.8) is 0 Å². The number of benzene rings is 1. The van der Waals surface area contributed by atoms with Crippen molar-refractivity contribution in [2.75, 3.05) is 18.9 Å². The number of rotatable bonds is 14. The first kappa shape index (κ1) is 35.3. The Hall–Kier alpha value is -2.14. The lowest BCUT2D eigenvalue weighted by atomic mass is 9.97. The molecule has 2 aliphatic rings. The molecule has 10 unspecified atom stereocenters. The summed E-state index contributed by atoms with van der Waals surface area (Å²) in [5, 5.41) is 64.1. The number of hydrogen-bond donors (Lipinski definition) is 9. The highest BCUT2D eigenvalue weighted by atomic mass is 32.3. The van der Waals surface area contributed by atoms with Crippen molar-refractivity contribution in [2.24, 2.45) is 0 Å². The number of aliphatic hydroxyl groups is 5. The Morgan fingerprint density at radius 2 is 1.60 bits per heavy atom. The van der Waals surface area contributed by atoms with Crippen molar-refractivity contribution >= 4 is 34.9 Å². The van der Waals surface area contributed by atoms with Gasteiger partial charge in [-0.2, -0.15) is 21.0 Å². The Bertz CT molecular complexity index is 1170. The molecule has 244 valence electrons. The average molecular weight is 658 g/mol. The molecule has 1 amide bonds. The van der Waals surface area contributed by atoms with Crippen LogP contribution in [0.1, 0.15) is 18.4 Å². The van der Waals surface area contributed by atoms with E-state index in [1.54, 1.807) is 12.1 Å². The van der Waals surface area contributed by atoms with Crippen molar-refractivity contribution in [3.05, 3.63) is 29.8 Å². The highest BCUT2D eigenvalue weighted by Crippen LogP contribution is 2.31. The minimum atomic E-state index is -5.31. The number of carboxylic acids is 1. The van der Waals surface area contributed by atoms with E-state index in [4.69, 9.17) is 23.5 Å². The molecular weight excluding hydrogens is 622 g/mol. The number of ether oxygens (including phenoxy) is 4. The third kappa shape index (κ3) is 9.67. The maximum absolute atomic E-state index is 11.7. The predicted molar refractivity (Wildman–Crippen MR) is 144 cm³/mol. The summed E-state index contributed by atoms with van der Waals surface area (Å²) in [4.78, 5) is 23.3. The topological polar surface area (TPSA) is 268 Å². The number of carbonyl (C=O) groups excluding carboxylic acids is 1. The summed E-state index contributed by atoms with van der Waals surface area (Å²) in [7, 11) is -5.31. The molecule has 1 aromatic rings. The van der Waals surface area contributed by atoms with Crippen LogP contribution in [0.3, 0.4) is 0 Å². The fourth-order valence-electron chi connectivity index (χ4n) is 4.41. The first-order chi connectivity index (χ1) is 20.2. The van der Waals surface area contributed by atoms with Crippen molar-refractivity contribution in [2.45, 2.75) is 80.7 Å². The van der Waals surface area contributed by atoms with E-state index in [0.717, 1.165) is 5.56 Å². The third-order valence-corrected chi connectivity index (χ3v) is 7.39. The van der Waals surface area contributed by atoms with Crippen LogP contribution < -0.4 is 10.1 Å². The second-order valence-electron chi connectivity index (χ2n) is 9.73. The van der Waals surface area contributed by atoms with Crippen molar-refractivity contribution in [3.8, 4) is 5.75 Å². The highest BCUT2D eigenvalue weighted by molar-refractivity contribution is 7.81. The number of thiol groups is 1. The van der Waals surface area contributed by atoms with E-state index in [0.29, 0.717) is 31.6 Å². The molecule has 43 heavy (non-hydrogen) atoms. The third-order valence-electron chi connectivity index (χ3n) is 6.61. The molecule has 1 aromatic carbocycles. The van der Waals surface area contributed by atoms with Crippen LogP contribution in [-0.4, -0.2) is 136 Å². The minimum absolute atomic E-state index is 0.0860. The predicted octanol–water partition coefficient (Wildman–Crippen LogP) is -3.02. The van der Waals surface area contributed by atoms with E-state index in [2.05, 4.69) is 22.1 Å². The summed E-state index contributed by atoms with van der Waals surface area (Å²) in [6.07, 6.45) is -18.1. The van der Waals surface area contributed by atoms with Gasteiger partial charge >= 0.3 is 16.4 Å². The minimum Gasteiger partial charge on any atom is -0.479 e. The zero-order valence-corrected chi connectivity index (χ0v) is 24.2. The standard InChI is InChI=1S/C24H35NO16S2/c26-10-13-15(28)19(39-24-18(31)20(41-43(34,35)36)16(29)21(40-24)22(32)33)17(30)23(38-13)37-12-5-3-11(4-6-12)7-8-25-14(27)2-1-9-42/h3-6,13,15-21,23-24,26,28-31,42H,1-2,7-10H2,(H,25,27)(H,32,33)(H,34,35,36). The van der Waals surface area contributed by atoms with E-state index in [1.807, 2.05) is 0 Å². The van der Waals surface area contributed by atoms with Gasteiger partial charge in [0.25, 0.3) is 0 Å². The van der Waals surface area contributed by atoms with Gasteiger partial charge in [-0.15, -0.1) is 0 Å². The number of aliphatic carboxylic acids is 1. The smallest absolute Gasteiger partial charge is 0.397 e. The molecule has 19 heteroatoms. The average Bonchev–Trinajstić information content (AvgIpc) is 2.94. The van der Waals surface area contributed by atoms with E-state index in [9.17, 15) is 48.6 Å². The van der Waals surface area contributed by atoms with Gasteiger partial charge in [0.1, 0.15) is 48.5 Å². The summed E-state index contributed by atoms with van der Waals surface area (Å²) in [6.45, 7) is -0.401. The van der Waals surface area contributed by atoms with Crippen LogP contribution in [0.4, 0.5) is 0 Å². The normalized spacial score (nSPS) is 33.1. The number of aliphatic hydroxyl groups excluding tert-OH is 5. The summed E-state index contributed by atoms with van der Waals surface area (Å²) >= 11 is 4.07. The molecule has 2 aliphatic heterocycles. The Kier molecular flexibility index (Phi) is 12.9. The fraction of sp³-hybridized carbons (Fsp3) is 0.667. The maximum atomic E-state index is 11.7. The Labute approximate surface area is 251 Å². The highest BCUT2D eigenvalue weighted by Gasteiger charge is 2.54. The second-order valence-corrected chi connectivity index (χ2v) is 11.2. The van der Waals surface area contributed by atoms with Gasteiger partial charge in [-0.1, -0.05) is 12.1 Å². The molecule has 0 radical (unpaired) electrons. The van der Waals surface area contributed by atoms with E-state index >= 15 is 0 Å². The quantitative estimate of drug-likeness (QED) is 0.0711. The Morgan fingerprint density at radius 3 is 2.19 bits per heavy atom. The van der Waals surface area contributed by atoms with Crippen molar-refractivity contribution in [1.82, 2.24) is 5.32 Å². The second kappa shape index (κ2) is 15.7. The molecule has 17 nitrogen and oxygen atoms in total. The maximum Gasteiger partial charge on any atom is 0.397 e. The molecular formula is C24H35NO16S2. The lowest BCUT2D eigenvalue weighted by Crippen LogP contribution is -2.66. The van der Waals surface area contributed by atoms with Crippen molar-refractivity contribution in [1.29, 1.82) is 0 Å². The summed E-state index contributed by atoms with van der Waals surface area (Å²) in [6, 6.07) is 6.45. The van der Waals surface area contributed by atoms with Gasteiger partial charge in [0.15, 0.2) is 12.4 Å². The van der Waals surface area contributed by atoms with Gasteiger partial charge < -0.3 is 54.9 Å². The van der Waals surface area contributed by atoms with Crippen LogP contribution in [0.25, 0.3) is 0 Å². The molecule has 2 saturated heterocycles. The van der Waals surface area contributed by atoms with Gasteiger partial charge in [0.2, 0.25) is 12.2 Å². The lowest BCUT2D eigenvalue weighted by Gasteiger charge is -2.45. The van der Waals surface area contributed by atoms with Crippen LogP contribution in [0.5, 0.6) is 5.75 Å². The number of carbonyl (C=O) groups is 2. The SMILES string of the molecule is O=C(CCCS)NCCc1ccc(OC2OC(CO)C(O)C(OC3OC(C(=O)O)C(O)C(OS(=O)(=O)O)C3O)C2O)cc1. The van der Waals surface area contributed by atoms with Crippen molar-refractivity contribution < 1.29 is 76.3 Å². The van der Waals surface area contributed by atoms with Crippen LogP contribution in [0.2, 0.25) is 0 Å². The van der Waals surface area contributed by atoms with E-state index < -0.39 is 84.4 Å². The van der Waals surface area contributed by atoms with Crippen LogP contribution in [0.15, 0.2) is 24.3 Å². The summed E-state index contributed by atoms with van der Waals surface area (Å²) < 4.78 is 57.3. The van der Waals surface area contributed by atoms with Crippen LogP contribution in [-0.2, 0) is 44.8 Å².